The SMILES string of the molecule is CCOC(CN)CCOc1cc(Cl)c(Br)cc1Cl. The highest BCUT2D eigenvalue weighted by Gasteiger charge is 2.09. The second-order valence-corrected chi connectivity index (χ2v) is 5.32. The Bertz CT molecular complexity index is 391. The van der Waals surface area contributed by atoms with Gasteiger partial charge in [-0.1, -0.05) is 23.2 Å². The molecular formula is C12H16BrCl2NO2. The second kappa shape index (κ2) is 8.23. The fourth-order valence-corrected chi connectivity index (χ4v) is 2.27. The molecule has 0 bridgehead atoms. The van der Waals surface area contributed by atoms with E-state index < -0.39 is 0 Å². The zero-order chi connectivity index (χ0) is 13.5. The molecule has 0 aliphatic carbocycles. The molecule has 1 aromatic rings. The summed E-state index contributed by atoms with van der Waals surface area (Å²) in [6.45, 7) is 3.55. The monoisotopic (exact) mass is 355 g/mol. The summed E-state index contributed by atoms with van der Waals surface area (Å²) < 4.78 is 11.8. The van der Waals surface area contributed by atoms with Gasteiger partial charge in [0.15, 0.2) is 0 Å². The molecule has 3 nitrogen and oxygen atoms in total. The third kappa shape index (κ3) is 4.94. The molecule has 1 unspecified atom stereocenters. The molecule has 2 N–H and O–H groups in total. The number of ether oxygens (including phenoxy) is 2. The van der Waals surface area contributed by atoms with Crippen molar-refractivity contribution in [2.45, 2.75) is 19.4 Å². The van der Waals surface area contributed by atoms with Crippen LogP contribution in [-0.2, 0) is 4.74 Å². The lowest BCUT2D eigenvalue weighted by Gasteiger charge is -2.15. The molecule has 0 aromatic heterocycles. The fourth-order valence-electron chi connectivity index (χ4n) is 1.42. The van der Waals surface area contributed by atoms with Crippen molar-refractivity contribution >= 4 is 39.1 Å². The molecule has 0 spiro atoms. The Morgan fingerprint density at radius 1 is 1.33 bits per heavy atom. The predicted molar refractivity (Wildman–Crippen MR) is 78.7 cm³/mol. The van der Waals surface area contributed by atoms with E-state index in [4.69, 9.17) is 38.4 Å². The van der Waals surface area contributed by atoms with E-state index in [0.717, 1.165) is 4.47 Å². The minimum Gasteiger partial charge on any atom is -0.492 e. The highest BCUT2D eigenvalue weighted by molar-refractivity contribution is 9.10. The first-order valence-corrected chi connectivity index (χ1v) is 7.22. The van der Waals surface area contributed by atoms with E-state index in [1.807, 2.05) is 6.92 Å². The summed E-state index contributed by atoms with van der Waals surface area (Å²) >= 11 is 15.3. The first kappa shape index (κ1) is 16.1. The average molecular weight is 357 g/mol. The summed E-state index contributed by atoms with van der Waals surface area (Å²) in [5, 5.41) is 1.08. The Kier molecular flexibility index (Phi) is 7.34. The van der Waals surface area contributed by atoms with Gasteiger partial charge in [-0.3, -0.25) is 0 Å². The molecule has 1 aromatic carbocycles. The molecule has 0 saturated heterocycles. The molecule has 1 atom stereocenters. The van der Waals surface area contributed by atoms with E-state index >= 15 is 0 Å². The van der Waals surface area contributed by atoms with E-state index in [1.54, 1.807) is 12.1 Å². The van der Waals surface area contributed by atoms with Crippen LogP contribution in [0.4, 0.5) is 0 Å². The van der Waals surface area contributed by atoms with Crippen LogP contribution in [0.15, 0.2) is 16.6 Å². The van der Waals surface area contributed by atoms with Crippen LogP contribution >= 0.6 is 39.1 Å². The largest absolute Gasteiger partial charge is 0.492 e. The number of rotatable bonds is 7. The van der Waals surface area contributed by atoms with Crippen molar-refractivity contribution in [2.24, 2.45) is 5.73 Å². The summed E-state index contributed by atoms with van der Waals surface area (Å²) in [7, 11) is 0. The number of hydrogen-bond donors (Lipinski definition) is 1. The zero-order valence-corrected chi connectivity index (χ0v) is 13.2. The van der Waals surface area contributed by atoms with Crippen molar-refractivity contribution in [3.05, 3.63) is 26.7 Å². The zero-order valence-electron chi connectivity index (χ0n) is 10.1. The molecule has 0 aliphatic heterocycles. The maximum Gasteiger partial charge on any atom is 0.139 e. The maximum atomic E-state index is 6.04. The summed E-state index contributed by atoms with van der Waals surface area (Å²) in [6.07, 6.45) is 0.730. The average Bonchev–Trinajstić information content (AvgIpc) is 2.34. The molecule has 18 heavy (non-hydrogen) atoms. The summed E-state index contributed by atoms with van der Waals surface area (Å²) in [6, 6.07) is 3.40. The van der Waals surface area contributed by atoms with E-state index in [1.165, 1.54) is 0 Å². The Labute approximate surface area is 126 Å². The van der Waals surface area contributed by atoms with Gasteiger partial charge in [-0.2, -0.15) is 0 Å². The minimum atomic E-state index is 0.0136. The van der Waals surface area contributed by atoms with Crippen LogP contribution in [-0.4, -0.2) is 25.9 Å². The van der Waals surface area contributed by atoms with Crippen molar-refractivity contribution in [3.63, 3.8) is 0 Å². The van der Waals surface area contributed by atoms with Gasteiger partial charge >= 0.3 is 0 Å². The highest BCUT2D eigenvalue weighted by atomic mass is 79.9. The third-order valence-corrected chi connectivity index (χ3v) is 3.83. The van der Waals surface area contributed by atoms with E-state index in [2.05, 4.69) is 15.9 Å². The summed E-state index contributed by atoms with van der Waals surface area (Å²) in [5.74, 6) is 0.567. The molecule has 0 amide bonds. The fraction of sp³-hybridized carbons (Fsp3) is 0.500. The van der Waals surface area contributed by atoms with Crippen molar-refractivity contribution in [2.75, 3.05) is 19.8 Å². The predicted octanol–water partition coefficient (Wildman–Crippen LogP) is 3.89. The highest BCUT2D eigenvalue weighted by Crippen LogP contribution is 2.34. The first-order valence-electron chi connectivity index (χ1n) is 5.67. The second-order valence-electron chi connectivity index (χ2n) is 3.65. The Morgan fingerprint density at radius 2 is 2.06 bits per heavy atom. The smallest absolute Gasteiger partial charge is 0.139 e. The molecule has 0 saturated carbocycles. The molecule has 6 heteroatoms. The van der Waals surface area contributed by atoms with E-state index in [-0.39, 0.29) is 6.10 Å². The van der Waals surface area contributed by atoms with Crippen LogP contribution < -0.4 is 10.5 Å². The number of hydrogen-bond acceptors (Lipinski definition) is 3. The third-order valence-electron chi connectivity index (χ3n) is 2.34. The maximum absolute atomic E-state index is 6.04. The van der Waals surface area contributed by atoms with Gasteiger partial charge in [-0.25, -0.2) is 0 Å². The lowest BCUT2D eigenvalue weighted by molar-refractivity contribution is 0.0527. The number of benzene rings is 1. The van der Waals surface area contributed by atoms with E-state index in [0.29, 0.717) is 42.0 Å². The Morgan fingerprint density at radius 3 is 2.67 bits per heavy atom. The standard InChI is InChI=1S/C12H16BrCl2NO2/c1-2-17-8(7-16)3-4-18-12-6-10(14)9(13)5-11(12)15/h5-6,8H,2-4,7,16H2,1H3. The quantitative estimate of drug-likeness (QED) is 0.754. The Hall–Kier alpha value is -0.0000000000000000555. The number of halogens is 3. The van der Waals surface area contributed by atoms with Gasteiger partial charge in [-0.15, -0.1) is 0 Å². The van der Waals surface area contributed by atoms with Crippen LogP contribution in [0.5, 0.6) is 5.75 Å². The van der Waals surface area contributed by atoms with Gasteiger partial charge in [-0.05, 0) is 28.9 Å². The van der Waals surface area contributed by atoms with Crippen LogP contribution in [0.2, 0.25) is 10.0 Å². The van der Waals surface area contributed by atoms with Crippen LogP contribution in [0.25, 0.3) is 0 Å². The van der Waals surface area contributed by atoms with Gasteiger partial charge in [0.2, 0.25) is 0 Å². The lowest BCUT2D eigenvalue weighted by atomic mass is 10.2. The summed E-state index contributed by atoms with van der Waals surface area (Å²) in [5.41, 5.74) is 5.58. The van der Waals surface area contributed by atoms with Gasteiger partial charge in [0.05, 0.1) is 22.8 Å². The first-order chi connectivity index (χ1) is 8.58. The lowest BCUT2D eigenvalue weighted by Crippen LogP contribution is -2.25. The van der Waals surface area contributed by atoms with Crippen molar-refractivity contribution in [3.8, 4) is 5.75 Å². The van der Waals surface area contributed by atoms with E-state index in [9.17, 15) is 0 Å². The van der Waals surface area contributed by atoms with Crippen molar-refractivity contribution < 1.29 is 9.47 Å². The minimum absolute atomic E-state index is 0.0136. The number of nitrogens with two attached hydrogens (primary N) is 1. The van der Waals surface area contributed by atoms with Crippen LogP contribution in [0.1, 0.15) is 13.3 Å². The molecule has 0 heterocycles. The van der Waals surface area contributed by atoms with Crippen LogP contribution in [0.3, 0.4) is 0 Å². The topological polar surface area (TPSA) is 44.5 Å². The molecular weight excluding hydrogens is 341 g/mol. The summed E-state index contributed by atoms with van der Waals surface area (Å²) in [4.78, 5) is 0. The van der Waals surface area contributed by atoms with Crippen molar-refractivity contribution in [1.29, 1.82) is 0 Å². The normalized spacial score (nSPS) is 12.5. The van der Waals surface area contributed by atoms with Crippen molar-refractivity contribution in [1.82, 2.24) is 0 Å². The molecule has 1 rings (SSSR count). The molecule has 102 valence electrons. The van der Waals surface area contributed by atoms with Gasteiger partial charge in [0, 0.05) is 30.1 Å². The van der Waals surface area contributed by atoms with Crippen LogP contribution in [0, 0.1) is 0 Å². The molecule has 0 radical (unpaired) electrons. The van der Waals surface area contributed by atoms with Gasteiger partial charge in [0.1, 0.15) is 5.75 Å². The van der Waals surface area contributed by atoms with Gasteiger partial charge < -0.3 is 15.2 Å². The molecule has 0 aliphatic rings. The molecule has 0 fully saturated rings. The Balaban J connectivity index is 2.51. The van der Waals surface area contributed by atoms with Gasteiger partial charge in [0.25, 0.3) is 0 Å².